The number of fused-ring (bicyclic) bond motifs is 1. The maximum Gasteiger partial charge on any atom is 0.234 e. The van der Waals surface area contributed by atoms with Gasteiger partial charge < -0.3 is 14.8 Å². The largest absolute Gasteiger partial charge is 0.486 e. The highest BCUT2D eigenvalue weighted by Crippen LogP contribution is 2.42. The average Bonchev–Trinajstić information content (AvgIpc) is 3.18. The molecule has 1 heterocycles. The second kappa shape index (κ2) is 8.41. The summed E-state index contributed by atoms with van der Waals surface area (Å²) in [5.74, 6) is 1.25. The Morgan fingerprint density at radius 3 is 2.48 bits per heavy atom. The number of halogens is 1. The summed E-state index contributed by atoms with van der Waals surface area (Å²) in [7, 11) is 1.90. The molecule has 6 heteroatoms. The van der Waals surface area contributed by atoms with Gasteiger partial charge >= 0.3 is 0 Å². The molecule has 5 nitrogen and oxygen atoms in total. The number of hydrogen-bond acceptors (Lipinski definition) is 4. The molecule has 0 radical (unpaired) electrons. The van der Waals surface area contributed by atoms with Gasteiger partial charge in [-0.25, -0.2) is 4.39 Å². The molecule has 2 aliphatic rings. The van der Waals surface area contributed by atoms with Crippen LogP contribution in [0.5, 0.6) is 11.5 Å². The number of rotatable bonds is 6. The molecule has 0 bridgehead atoms. The van der Waals surface area contributed by atoms with E-state index in [2.05, 4.69) is 5.32 Å². The molecule has 0 atom stereocenters. The standard InChI is InChI=1S/C23H27FN2O3/c1-26(15-17-4-7-19(24)8-5-17)16-22(27)25-23(10-2-3-11-23)18-6-9-20-21(14-18)29-13-12-28-20/h4-9,14H,2-3,10-13,15-16H2,1H3,(H,25,27). The van der Waals surface area contributed by atoms with Gasteiger partial charge in [0.2, 0.25) is 5.91 Å². The lowest BCUT2D eigenvalue weighted by molar-refractivity contribution is -0.124. The maximum atomic E-state index is 13.1. The van der Waals surface area contributed by atoms with Gasteiger partial charge in [-0.15, -0.1) is 0 Å². The molecule has 2 aromatic rings. The summed E-state index contributed by atoms with van der Waals surface area (Å²) in [6.07, 6.45) is 4.00. The van der Waals surface area contributed by atoms with Gasteiger partial charge in [-0.1, -0.05) is 31.0 Å². The topological polar surface area (TPSA) is 50.8 Å². The average molecular weight is 398 g/mol. The highest BCUT2D eigenvalue weighted by molar-refractivity contribution is 5.79. The lowest BCUT2D eigenvalue weighted by Crippen LogP contribution is -2.47. The maximum absolute atomic E-state index is 13.1. The van der Waals surface area contributed by atoms with Crippen LogP contribution >= 0.6 is 0 Å². The zero-order chi connectivity index (χ0) is 20.3. The zero-order valence-electron chi connectivity index (χ0n) is 16.7. The quantitative estimate of drug-likeness (QED) is 0.808. The lowest BCUT2D eigenvalue weighted by atomic mass is 9.87. The normalized spacial score (nSPS) is 17.3. The second-order valence-corrected chi connectivity index (χ2v) is 7.99. The molecule has 0 unspecified atom stereocenters. The van der Waals surface area contributed by atoms with E-state index in [1.807, 2.05) is 30.1 Å². The van der Waals surface area contributed by atoms with Crippen LogP contribution in [0, 0.1) is 5.82 Å². The molecule has 1 amide bonds. The molecular formula is C23H27FN2O3. The van der Waals surface area contributed by atoms with Crippen molar-refractivity contribution in [3.05, 3.63) is 59.4 Å². The van der Waals surface area contributed by atoms with Crippen LogP contribution in [0.25, 0.3) is 0 Å². The van der Waals surface area contributed by atoms with Gasteiger partial charge in [0.15, 0.2) is 11.5 Å². The Morgan fingerprint density at radius 2 is 1.76 bits per heavy atom. The molecule has 1 N–H and O–H groups in total. The van der Waals surface area contributed by atoms with E-state index in [0.717, 1.165) is 48.3 Å². The molecule has 29 heavy (non-hydrogen) atoms. The SMILES string of the molecule is CN(CC(=O)NC1(c2ccc3c(c2)OCCO3)CCCC1)Cc1ccc(F)cc1. The van der Waals surface area contributed by atoms with Gasteiger partial charge in [0.25, 0.3) is 0 Å². The third-order valence-corrected chi connectivity index (χ3v) is 5.71. The summed E-state index contributed by atoms with van der Waals surface area (Å²) in [6.45, 7) is 1.98. The van der Waals surface area contributed by atoms with Crippen molar-refractivity contribution in [2.75, 3.05) is 26.8 Å². The monoisotopic (exact) mass is 398 g/mol. The molecule has 1 aliphatic heterocycles. The van der Waals surface area contributed by atoms with E-state index in [1.165, 1.54) is 12.1 Å². The van der Waals surface area contributed by atoms with Crippen LogP contribution in [0.15, 0.2) is 42.5 Å². The minimum Gasteiger partial charge on any atom is -0.486 e. The van der Waals surface area contributed by atoms with Crippen LogP contribution in [0.2, 0.25) is 0 Å². The Balaban J connectivity index is 1.43. The van der Waals surface area contributed by atoms with E-state index < -0.39 is 0 Å². The Kier molecular flexibility index (Phi) is 5.72. The van der Waals surface area contributed by atoms with Crippen molar-refractivity contribution in [1.29, 1.82) is 0 Å². The van der Waals surface area contributed by atoms with E-state index in [-0.39, 0.29) is 23.8 Å². The van der Waals surface area contributed by atoms with Crippen molar-refractivity contribution in [2.24, 2.45) is 0 Å². The summed E-state index contributed by atoms with van der Waals surface area (Å²) >= 11 is 0. The number of likely N-dealkylation sites (N-methyl/N-ethyl adjacent to an activating group) is 1. The van der Waals surface area contributed by atoms with Crippen LogP contribution in [-0.4, -0.2) is 37.6 Å². The molecule has 1 saturated carbocycles. The van der Waals surface area contributed by atoms with Crippen molar-refractivity contribution in [3.8, 4) is 11.5 Å². The van der Waals surface area contributed by atoms with Gasteiger partial charge in [-0.2, -0.15) is 0 Å². The van der Waals surface area contributed by atoms with Gasteiger partial charge in [0.05, 0.1) is 12.1 Å². The number of hydrogen-bond donors (Lipinski definition) is 1. The molecule has 0 spiro atoms. The number of carbonyl (C=O) groups is 1. The van der Waals surface area contributed by atoms with Crippen LogP contribution in [0.3, 0.4) is 0 Å². The van der Waals surface area contributed by atoms with E-state index >= 15 is 0 Å². The van der Waals surface area contributed by atoms with Crippen LogP contribution in [-0.2, 0) is 16.9 Å². The van der Waals surface area contributed by atoms with Crippen LogP contribution in [0.1, 0.15) is 36.8 Å². The highest BCUT2D eigenvalue weighted by atomic mass is 19.1. The molecule has 0 saturated heterocycles. The van der Waals surface area contributed by atoms with Gasteiger partial charge in [0, 0.05) is 6.54 Å². The number of benzene rings is 2. The molecule has 1 fully saturated rings. The molecule has 1 aliphatic carbocycles. The van der Waals surface area contributed by atoms with Crippen molar-refractivity contribution in [2.45, 2.75) is 37.8 Å². The van der Waals surface area contributed by atoms with E-state index in [9.17, 15) is 9.18 Å². The van der Waals surface area contributed by atoms with Crippen molar-refractivity contribution >= 4 is 5.91 Å². The Bertz CT molecular complexity index is 863. The number of nitrogens with zero attached hydrogens (tertiary/aromatic N) is 1. The van der Waals surface area contributed by atoms with Crippen molar-refractivity contribution in [3.63, 3.8) is 0 Å². The summed E-state index contributed by atoms with van der Waals surface area (Å²) in [4.78, 5) is 14.8. The van der Waals surface area contributed by atoms with Gasteiger partial charge in [0.1, 0.15) is 19.0 Å². The molecule has 0 aromatic heterocycles. The third kappa shape index (κ3) is 4.53. The molecule has 154 valence electrons. The summed E-state index contributed by atoms with van der Waals surface area (Å²) < 4.78 is 24.4. The fourth-order valence-corrected chi connectivity index (χ4v) is 4.31. The smallest absolute Gasteiger partial charge is 0.234 e. The zero-order valence-corrected chi connectivity index (χ0v) is 16.7. The second-order valence-electron chi connectivity index (χ2n) is 7.99. The Hall–Kier alpha value is -2.60. The number of amides is 1. The van der Waals surface area contributed by atoms with Crippen LogP contribution in [0.4, 0.5) is 4.39 Å². The van der Waals surface area contributed by atoms with Gasteiger partial charge in [-0.05, 0) is 55.3 Å². The molecule has 4 rings (SSSR count). The predicted octanol–water partition coefficient (Wildman–Crippen LogP) is 3.61. The number of ether oxygens (including phenoxy) is 2. The fraction of sp³-hybridized carbons (Fsp3) is 0.435. The number of carbonyl (C=O) groups excluding carboxylic acids is 1. The van der Waals surface area contributed by atoms with Gasteiger partial charge in [-0.3, -0.25) is 9.69 Å². The Labute approximate surface area is 170 Å². The minimum atomic E-state index is -0.358. The molecule has 2 aromatic carbocycles. The number of nitrogens with one attached hydrogen (secondary N) is 1. The first-order valence-electron chi connectivity index (χ1n) is 10.2. The Morgan fingerprint density at radius 1 is 1.07 bits per heavy atom. The van der Waals surface area contributed by atoms with Crippen LogP contribution < -0.4 is 14.8 Å². The first kappa shape index (κ1) is 19.7. The fourth-order valence-electron chi connectivity index (χ4n) is 4.31. The van der Waals surface area contributed by atoms with Crippen molar-refractivity contribution in [1.82, 2.24) is 10.2 Å². The van der Waals surface area contributed by atoms with Crippen molar-refractivity contribution < 1.29 is 18.7 Å². The first-order chi connectivity index (χ1) is 14.0. The summed E-state index contributed by atoms with van der Waals surface area (Å²) in [5.41, 5.74) is 1.70. The third-order valence-electron chi connectivity index (χ3n) is 5.71. The summed E-state index contributed by atoms with van der Waals surface area (Å²) in [5, 5.41) is 3.30. The summed E-state index contributed by atoms with van der Waals surface area (Å²) in [6, 6.07) is 12.4. The lowest BCUT2D eigenvalue weighted by Gasteiger charge is -2.33. The van der Waals surface area contributed by atoms with E-state index in [1.54, 1.807) is 12.1 Å². The first-order valence-corrected chi connectivity index (χ1v) is 10.2. The molecular weight excluding hydrogens is 371 g/mol. The minimum absolute atomic E-state index is 0.00796. The predicted molar refractivity (Wildman–Crippen MR) is 108 cm³/mol. The van der Waals surface area contributed by atoms with E-state index in [4.69, 9.17) is 9.47 Å². The van der Waals surface area contributed by atoms with E-state index in [0.29, 0.717) is 19.8 Å². The highest BCUT2D eigenvalue weighted by Gasteiger charge is 2.38.